The largest absolute Gasteiger partial charge is 0.497 e. The van der Waals surface area contributed by atoms with Crippen LogP contribution in [-0.2, 0) is 0 Å². The number of anilines is 1. The third-order valence-electron chi connectivity index (χ3n) is 4.60. The lowest BCUT2D eigenvalue weighted by Crippen LogP contribution is -2.12. The number of nitrogens with zero attached hydrogens (tertiary/aromatic N) is 2. The van der Waals surface area contributed by atoms with E-state index in [-0.39, 0.29) is 5.91 Å². The van der Waals surface area contributed by atoms with E-state index in [4.69, 9.17) is 4.74 Å². The first-order chi connectivity index (χ1) is 14.1. The summed E-state index contributed by atoms with van der Waals surface area (Å²) >= 11 is 0. The number of aryl methyl sites for hydroxylation is 1. The van der Waals surface area contributed by atoms with Crippen molar-refractivity contribution in [2.24, 2.45) is 0 Å². The molecule has 1 N–H and O–H groups in total. The Labute approximate surface area is 169 Å². The molecule has 5 heteroatoms. The fourth-order valence-electron chi connectivity index (χ4n) is 3.17. The second kappa shape index (κ2) is 8.02. The molecule has 0 aliphatic carbocycles. The van der Waals surface area contributed by atoms with E-state index in [0.717, 1.165) is 22.6 Å². The van der Waals surface area contributed by atoms with Gasteiger partial charge in [-0.15, -0.1) is 0 Å². The average molecular weight is 383 g/mol. The smallest absolute Gasteiger partial charge is 0.255 e. The van der Waals surface area contributed by atoms with Crippen LogP contribution < -0.4 is 10.1 Å². The Morgan fingerprint density at radius 1 is 0.931 bits per heavy atom. The van der Waals surface area contributed by atoms with Gasteiger partial charge in [-0.05, 0) is 49.4 Å². The molecule has 0 bridgehead atoms. The first kappa shape index (κ1) is 18.5. The zero-order valence-corrected chi connectivity index (χ0v) is 16.3. The Kier molecular flexibility index (Phi) is 5.12. The molecule has 0 unspecified atom stereocenters. The summed E-state index contributed by atoms with van der Waals surface area (Å²) in [5, 5.41) is 7.51. The van der Waals surface area contributed by atoms with Gasteiger partial charge in [0, 0.05) is 22.9 Å². The fraction of sp³-hybridized carbons (Fsp3) is 0.0833. The second-order valence-electron chi connectivity index (χ2n) is 6.68. The van der Waals surface area contributed by atoms with Crippen molar-refractivity contribution in [3.05, 3.63) is 96.2 Å². The van der Waals surface area contributed by atoms with E-state index in [1.807, 2.05) is 60.1 Å². The molecule has 4 rings (SSSR count). The molecule has 0 spiro atoms. The van der Waals surface area contributed by atoms with Crippen molar-refractivity contribution < 1.29 is 9.53 Å². The first-order valence-corrected chi connectivity index (χ1v) is 9.32. The highest BCUT2D eigenvalue weighted by atomic mass is 16.5. The number of carbonyl (C=O) groups is 1. The molecule has 0 saturated heterocycles. The maximum atomic E-state index is 12.6. The second-order valence-corrected chi connectivity index (χ2v) is 6.68. The van der Waals surface area contributed by atoms with Gasteiger partial charge in [-0.1, -0.05) is 36.4 Å². The molecule has 1 aromatic heterocycles. The van der Waals surface area contributed by atoms with Crippen molar-refractivity contribution in [3.8, 4) is 22.7 Å². The van der Waals surface area contributed by atoms with Crippen molar-refractivity contribution in [2.75, 3.05) is 12.4 Å². The lowest BCUT2D eigenvalue weighted by atomic mass is 10.1. The molecular formula is C24H21N3O2. The summed E-state index contributed by atoms with van der Waals surface area (Å²) < 4.78 is 7.09. The number of benzene rings is 3. The molecule has 1 amide bonds. The van der Waals surface area contributed by atoms with Crippen LogP contribution in [-0.4, -0.2) is 22.8 Å². The van der Waals surface area contributed by atoms with Crippen LogP contribution in [0.4, 0.5) is 5.69 Å². The molecule has 144 valence electrons. The fourth-order valence-corrected chi connectivity index (χ4v) is 3.17. The van der Waals surface area contributed by atoms with E-state index in [1.165, 1.54) is 0 Å². The van der Waals surface area contributed by atoms with Crippen LogP contribution in [0.25, 0.3) is 16.9 Å². The van der Waals surface area contributed by atoms with Crippen LogP contribution in [0.1, 0.15) is 16.1 Å². The summed E-state index contributed by atoms with van der Waals surface area (Å²) in [5.74, 6) is 0.519. The van der Waals surface area contributed by atoms with Crippen molar-refractivity contribution >= 4 is 11.6 Å². The number of hydrogen-bond acceptors (Lipinski definition) is 3. The minimum atomic E-state index is -0.176. The van der Waals surface area contributed by atoms with Gasteiger partial charge < -0.3 is 10.1 Å². The molecule has 0 saturated carbocycles. The van der Waals surface area contributed by atoms with Gasteiger partial charge in [0.1, 0.15) is 5.75 Å². The number of nitrogens with one attached hydrogen (secondary N) is 1. The standard InChI is InChI=1S/C24H21N3O2/c1-17-15-23(18-7-4-3-5-8-18)27(26-17)21-13-11-19(12-14-21)24(28)25-20-9-6-10-22(16-20)29-2/h3-16H,1-2H3,(H,25,28). The SMILES string of the molecule is COc1cccc(NC(=O)c2ccc(-n3nc(C)cc3-c3ccccc3)cc2)c1. The van der Waals surface area contributed by atoms with E-state index < -0.39 is 0 Å². The van der Waals surface area contributed by atoms with E-state index >= 15 is 0 Å². The summed E-state index contributed by atoms with van der Waals surface area (Å²) in [5.41, 5.74) is 5.19. The Hall–Kier alpha value is -3.86. The molecule has 29 heavy (non-hydrogen) atoms. The molecule has 0 atom stereocenters. The van der Waals surface area contributed by atoms with E-state index in [9.17, 15) is 4.79 Å². The summed E-state index contributed by atoms with van der Waals surface area (Å²) in [6, 6.07) is 26.9. The number of hydrogen-bond donors (Lipinski definition) is 1. The van der Waals surface area contributed by atoms with Gasteiger partial charge >= 0.3 is 0 Å². The summed E-state index contributed by atoms with van der Waals surface area (Å²) in [7, 11) is 1.60. The highest BCUT2D eigenvalue weighted by Gasteiger charge is 2.11. The number of carbonyl (C=O) groups excluding carboxylic acids is 1. The molecular weight excluding hydrogens is 362 g/mol. The van der Waals surface area contributed by atoms with Gasteiger partial charge in [0.05, 0.1) is 24.2 Å². The van der Waals surface area contributed by atoms with Crippen molar-refractivity contribution in [3.63, 3.8) is 0 Å². The lowest BCUT2D eigenvalue weighted by molar-refractivity contribution is 0.102. The number of methoxy groups -OCH3 is 1. The van der Waals surface area contributed by atoms with E-state index in [0.29, 0.717) is 17.0 Å². The highest BCUT2D eigenvalue weighted by Crippen LogP contribution is 2.24. The van der Waals surface area contributed by atoms with Gasteiger partial charge in [-0.25, -0.2) is 4.68 Å². The predicted molar refractivity (Wildman–Crippen MR) is 115 cm³/mol. The summed E-state index contributed by atoms with van der Waals surface area (Å²) in [6.07, 6.45) is 0. The maximum absolute atomic E-state index is 12.6. The van der Waals surface area contributed by atoms with Crippen LogP contribution in [0.15, 0.2) is 84.9 Å². The van der Waals surface area contributed by atoms with Crippen molar-refractivity contribution in [1.29, 1.82) is 0 Å². The normalized spacial score (nSPS) is 10.6. The van der Waals surface area contributed by atoms with E-state index in [2.05, 4.69) is 28.6 Å². The summed E-state index contributed by atoms with van der Waals surface area (Å²) in [6.45, 7) is 1.97. The van der Waals surface area contributed by atoms with Crippen molar-refractivity contribution in [2.45, 2.75) is 6.92 Å². The minimum absolute atomic E-state index is 0.176. The predicted octanol–water partition coefficient (Wildman–Crippen LogP) is 5.11. The van der Waals surface area contributed by atoms with Crippen LogP contribution >= 0.6 is 0 Å². The van der Waals surface area contributed by atoms with Crippen LogP contribution in [0.3, 0.4) is 0 Å². The molecule has 3 aromatic carbocycles. The number of ether oxygens (including phenoxy) is 1. The van der Waals surface area contributed by atoms with Gasteiger partial charge in [0.2, 0.25) is 0 Å². The number of rotatable bonds is 5. The van der Waals surface area contributed by atoms with Gasteiger partial charge in [-0.3, -0.25) is 4.79 Å². The van der Waals surface area contributed by atoms with E-state index in [1.54, 1.807) is 25.3 Å². The van der Waals surface area contributed by atoms with Gasteiger partial charge in [0.25, 0.3) is 5.91 Å². The molecule has 0 radical (unpaired) electrons. The minimum Gasteiger partial charge on any atom is -0.497 e. The first-order valence-electron chi connectivity index (χ1n) is 9.32. The molecule has 0 aliphatic rings. The Morgan fingerprint density at radius 2 is 1.69 bits per heavy atom. The van der Waals surface area contributed by atoms with Gasteiger partial charge in [0.15, 0.2) is 0 Å². The Bertz CT molecular complexity index is 1130. The molecule has 5 nitrogen and oxygen atoms in total. The number of aromatic nitrogens is 2. The summed E-state index contributed by atoms with van der Waals surface area (Å²) in [4.78, 5) is 12.6. The zero-order chi connectivity index (χ0) is 20.2. The van der Waals surface area contributed by atoms with Crippen LogP contribution in [0.5, 0.6) is 5.75 Å². The third kappa shape index (κ3) is 4.04. The Balaban J connectivity index is 1.58. The lowest BCUT2D eigenvalue weighted by Gasteiger charge is -2.10. The quantitative estimate of drug-likeness (QED) is 0.521. The van der Waals surface area contributed by atoms with Crippen LogP contribution in [0, 0.1) is 6.92 Å². The Morgan fingerprint density at radius 3 is 2.41 bits per heavy atom. The van der Waals surface area contributed by atoms with Crippen molar-refractivity contribution in [1.82, 2.24) is 9.78 Å². The highest BCUT2D eigenvalue weighted by molar-refractivity contribution is 6.04. The average Bonchev–Trinajstić information content (AvgIpc) is 3.16. The molecule has 4 aromatic rings. The molecule has 1 heterocycles. The number of amides is 1. The third-order valence-corrected chi connectivity index (χ3v) is 4.60. The topological polar surface area (TPSA) is 56.1 Å². The molecule has 0 aliphatic heterocycles. The zero-order valence-electron chi connectivity index (χ0n) is 16.3. The maximum Gasteiger partial charge on any atom is 0.255 e. The van der Waals surface area contributed by atoms with Gasteiger partial charge in [-0.2, -0.15) is 5.10 Å². The van der Waals surface area contributed by atoms with Crippen LogP contribution in [0.2, 0.25) is 0 Å². The molecule has 0 fully saturated rings. The monoisotopic (exact) mass is 383 g/mol.